The Bertz CT molecular complexity index is 286. The number of thioether (sulfide) groups is 1. The van der Waals surface area contributed by atoms with Gasteiger partial charge in [0.1, 0.15) is 0 Å². The van der Waals surface area contributed by atoms with Crippen molar-refractivity contribution in [1.29, 1.82) is 0 Å². The zero-order valence-electron chi connectivity index (χ0n) is 11.4. The van der Waals surface area contributed by atoms with Crippen molar-refractivity contribution >= 4 is 17.7 Å². The van der Waals surface area contributed by atoms with E-state index in [9.17, 15) is 0 Å². The summed E-state index contributed by atoms with van der Waals surface area (Å²) in [6.07, 6.45) is 1.26. The van der Waals surface area contributed by atoms with Crippen LogP contribution in [0.5, 0.6) is 0 Å². The molecule has 2 saturated heterocycles. The number of hydrogen-bond donors (Lipinski definition) is 2. The third kappa shape index (κ3) is 3.10. The third-order valence-corrected chi connectivity index (χ3v) is 5.04. The van der Waals surface area contributed by atoms with E-state index >= 15 is 0 Å². The van der Waals surface area contributed by atoms with Crippen molar-refractivity contribution in [2.45, 2.75) is 12.0 Å². The van der Waals surface area contributed by atoms with Crippen LogP contribution in [0.2, 0.25) is 0 Å². The van der Waals surface area contributed by atoms with Crippen LogP contribution in [0, 0.1) is 0 Å². The van der Waals surface area contributed by atoms with E-state index in [0.29, 0.717) is 0 Å². The van der Waals surface area contributed by atoms with E-state index in [1.54, 1.807) is 0 Å². The summed E-state index contributed by atoms with van der Waals surface area (Å²) in [6.45, 7) is 4.81. The molecule has 0 aliphatic carbocycles. The van der Waals surface area contributed by atoms with Crippen LogP contribution in [0.25, 0.3) is 0 Å². The number of ether oxygens (including phenoxy) is 1. The van der Waals surface area contributed by atoms with Gasteiger partial charge in [0.15, 0.2) is 5.96 Å². The number of nitrogens with one attached hydrogen (secondary N) is 2. The second-order valence-electron chi connectivity index (χ2n) is 4.80. The minimum Gasteiger partial charge on any atom is -0.379 e. The molecule has 0 aromatic carbocycles. The van der Waals surface area contributed by atoms with E-state index in [0.717, 1.165) is 38.8 Å². The normalized spacial score (nSPS) is 30.4. The standard InChI is InChI=1S/C12H24N4OS/c1-13-11(14-2)15-9-12(3-8-18-10-12)16-4-6-17-7-5-16/h3-10H2,1-2H3,(H2,13,14,15). The first-order valence-electron chi connectivity index (χ1n) is 6.60. The lowest BCUT2D eigenvalue weighted by atomic mass is 9.95. The molecule has 2 heterocycles. The van der Waals surface area contributed by atoms with Gasteiger partial charge < -0.3 is 15.4 Å². The summed E-state index contributed by atoms with van der Waals surface area (Å²) in [7, 11) is 3.71. The zero-order chi connectivity index (χ0) is 12.8. The van der Waals surface area contributed by atoms with Gasteiger partial charge in [0.25, 0.3) is 0 Å². The minimum absolute atomic E-state index is 0.279. The first-order chi connectivity index (χ1) is 8.80. The molecule has 2 aliphatic heterocycles. The van der Waals surface area contributed by atoms with Crippen molar-refractivity contribution in [2.75, 3.05) is 58.4 Å². The summed E-state index contributed by atoms with van der Waals surface area (Å²) in [5.74, 6) is 3.34. The van der Waals surface area contributed by atoms with Gasteiger partial charge in [-0.2, -0.15) is 11.8 Å². The summed E-state index contributed by atoms with van der Waals surface area (Å²) < 4.78 is 5.47. The van der Waals surface area contributed by atoms with Crippen LogP contribution >= 0.6 is 11.8 Å². The van der Waals surface area contributed by atoms with Crippen molar-refractivity contribution in [3.05, 3.63) is 0 Å². The van der Waals surface area contributed by atoms with E-state index in [1.807, 2.05) is 14.1 Å². The molecular formula is C12H24N4OS. The van der Waals surface area contributed by atoms with Gasteiger partial charge in [0.2, 0.25) is 0 Å². The van der Waals surface area contributed by atoms with Crippen LogP contribution in [0.15, 0.2) is 4.99 Å². The number of guanidine groups is 1. The van der Waals surface area contributed by atoms with Crippen LogP contribution < -0.4 is 10.6 Å². The fraction of sp³-hybridized carbons (Fsp3) is 0.917. The second kappa shape index (κ2) is 6.63. The first kappa shape index (κ1) is 14.0. The molecule has 0 amide bonds. The molecule has 18 heavy (non-hydrogen) atoms. The molecule has 1 atom stereocenters. The molecule has 5 nitrogen and oxygen atoms in total. The third-order valence-electron chi connectivity index (χ3n) is 3.81. The largest absolute Gasteiger partial charge is 0.379 e. The van der Waals surface area contributed by atoms with E-state index < -0.39 is 0 Å². The summed E-state index contributed by atoms with van der Waals surface area (Å²) in [6, 6.07) is 0. The smallest absolute Gasteiger partial charge is 0.190 e. The molecule has 0 aromatic rings. The lowest BCUT2D eigenvalue weighted by Crippen LogP contribution is -2.59. The zero-order valence-corrected chi connectivity index (χ0v) is 12.2. The molecule has 6 heteroatoms. The van der Waals surface area contributed by atoms with E-state index in [4.69, 9.17) is 4.74 Å². The predicted molar refractivity (Wildman–Crippen MR) is 77.5 cm³/mol. The van der Waals surface area contributed by atoms with Crippen LogP contribution in [0.4, 0.5) is 0 Å². The fourth-order valence-corrected chi connectivity index (χ4v) is 4.14. The van der Waals surface area contributed by atoms with Crippen molar-refractivity contribution < 1.29 is 4.74 Å². The highest BCUT2D eigenvalue weighted by molar-refractivity contribution is 7.99. The number of nitrogens with zero attached hydrogens (tertiary/aromatic N) is 2. The Morgan fingerprint density at radius 3 is 2.78 bits per heavy atom. The maximum atomic E-state index is 5.47. The molecule has 2 N–H and O–H groups in total. The molecule has 2 aliphatic rings. The van der Waals surface area contributed by atoms with E-state index in [-0.39, 0.29) is 5.54 Å². The fourth-order valence-electron chi connectivity index (χ4n) is 2.66. The molecule has 0 saturated carbocycles. The van der Waals surface area contributed by atoms with Gasteiger partial charge in [0, 0.05) is 45.0 Å². The molecule has 0 bridgehead atoms. The Labute approximate surface area is 114 Å². The lowest BCUT2D eigenvalue weighted by Gasteiger charge is -2.43. The Hall–Kier alpha value is -0.460. The van der Waals surface area contributed by atoms with Gasteiger partial charge in [-0.15, -0.1) is 0 Å². The Kier molecular flexibility index (Phi) is 5.14. The first-order valence-corrected chi connectivity index (χ1v) is 7.75. The van der Waals surface area contributed by atoms with Gasteiger partial charge in [0.05, 0.1) is 13.2 Å². The number of rotatable bonds is 3. The van der Waals surface area contributed by atoms with Crippen LogP contribution in [-0.2, 0) is 4.74 Å². The number of hydrogen-bond acceptors (Lipinski definition) is 4. The molecule has 0 radical (unpaired) electrons. The average Bonchev–Trinajstić information content (AvgIpc) is 2.91. The second-order valence-corrected chi connectivity index (χ2v) is 5.91. The SMILES string of the molecule is CN=C(NC)NCC1(N2CCOCC2)CCSC1. The topological polar surface area (TPSA) is 48.9 Å². The van der Waals surface area contributed by atoms with Gasteiger partial charge in [-0.25, -0.2) is 0 Å². The molecule has 2 fully saturated rings. The highest BCUT2D eigenvalue weighted by Crippen LogP contribution is 2.33. The molecule has 1 unspecified atom stereocenters. The Morgan fingerprint density at radius 2 is 2.22 bits per heavy atom. The molecular weight excluding hydrogens is 248 g/mol. The molecule has 0 aromatic heterocycles. The van der Waals surface area contributed by atoms with Crippen molar-refractivity contribution in [2.24, 2.45) is 4.99 Å². The Morgan fingerprint density at radius 1 is 1.44 bits per heavy atom. The van der Waals surface area contributed by atoms with Gasteiger partial charge in [-0.3, -0.25) is 9.89 Å². The quantitative estimate of drug-likeness (QED) is 0.559. The average molecular weight is 272 g/mol. The summed E-state index contributed by atoms with van der Waals surface area (Å²) in [5, 5.41) is 6.53. The highest BCUT2D eigenvalue weighted by atomic mass is 32.2. The van der Waals surface area contributed by atoms with Gasteiger partial charge in [-0.05, 0) is 12.2 Å². The number of morpholine rings is 1. The van der Waals surface area contributed by atoms with Crippen molar-refractivity contribution in [3.8, 4) is 0 Å². The monoisotopic (exact) mass is 272 g/mol. The van der Waals surface area contributed by atoms with Gasteiger partial charge >= 0.3 is 0 Å². The lowest BCUT2D eigenvalue weighted by molar-refractivity contribution is -0.0120. The molecule has 2 rings (SSSR count). The van der Waals surface area contributed by atoms with Crippen LogP contribution in [0.1, 0.15) is 6.42 Å². The molecule has 104 valence electrons. The predicted octanol–water partition coefficient (Wildman–Crippen LogP) is -0.0109. The van der Waals surface area contributed by atoms with Crippen molar-refractivity contribution in [1.82, 2.24) is 15.5 Å². The van der Waals surface area contributed by atoms with E-state index in [1.165, 1.54) is 17.9 Å². The van der Waals surface area contributed by atoms with E-state index in [2.05, 4.69) is 32.3 Å². The Balaban J connectivity index is 1.97. The maximum absolute atomic E-state index is 5.47. The summed E-state index contributed by atoms with van der Waals surface area (Å²) in [4.78, 5) is 6.79. The highest BCUT2D eigenvalue weighted by Gasteiger charge is 2.40. The number of aliphatic imine (C=N–C) groups is 1. The maximum Gasteiger partial charge on any atom is 0.190 e. The van der Waals surface area contributed by atoms with Crippen LogP contribution in [0.3, 0.4) is 0 Å². The van der Waals surface area contributed by atoms with Crippen molar-refractivity contribution in [3.63, 3.8) is 0 Å². The van der Waals surface area contributed by atoms with Gasteiger partial charge in [-0.1, -0.05) is 0 Å². The summed E-state index contributed by atoms with van der Waals surface area (Å²) in [5.41, 5.74) is 0.279. The molecule has 0 spiro atoms. The minimum atomic E-state index is 0.279. The van der Waals surface area contributed by atoms with Crippen LogP contribution in [-0.4, -0.2) is 74.8 Å². The summed E-state index contributed by atoms with van der Waals surface area (Å²) >= 11 is 2.06.